The first-order valence-corrected chi connectivity index (χ1v) is 8.98. The van der Waals surface area contributed by atoms with Gasteiger partial charge < -0.3 is 19.3 Å². The predicted octanol–water partition coefficient (Wildman–Crippen LogP) is 1.70. The van der Waals surface area contributed by atoms with Crippen LogP contribution in [0.2, 0.25) is 0 Å². The third kappa shape index (κ3) is 3.00. The molecule has 0 bridgehead atoms. The lowest BCUT2D eigenvalue weighted by Crippen LogP contribution is -2.53. The molecule has 24 heavy (non-hydrogen) atoms. The van der Waals surface area contributed by atoms with Crippen LogP contribution < -0.4 is 4.90 Å². The van der Waals surface area contributed by atoms with Gasteiger partial charge in [0.25, 0.3) is 5.91 Å². The number of nitrogens with zero attached hydrogens (tertiary/aromatic N) is 3. The summed E-state index contributed by atoms with van der Waals surface area (Å²) in [6.45, 7) is 5.24. The van der Waals surface area contributed by atoms with E-state index in [0.717, 1.165) is 63.4 Å². The number of aromatic nitrogens is 1. The first kappa shape index (κ1) is 15.8. The van der Waals surface area contributed by atoms with Gasteiger partial charge in [0.15, 0.2) is 0 Å². The van der Waals surface area contributed by atoms with Gasteiger partial charge in [-0.25, -0.2) is 4.98 Å². The number of pyridine rings is 1. The Morgan fingerprint density at radius 2 is 2.04 bits per heavy atom. The maximum atomic E-state index is 13.0. The molecule has 1 amide bonds. The van der Waals surface area contributed by atoms with Crippen molar-refractivity contribution in [3.05, 3.63) is 23.9 Å². The molecule has 4 heterocycles. The Morgan fingerprint density at radius 3 is 2.83 bits per heavy atom. The minimum atomic E-state index is -0.235. The predicted molar refractivity (Wildman–Crippen MR) is 90.3 cm³/mol. The number of carbonyl (C=O) groups is 1. The van der Waals surface area contributed by atoms with Crippen molar-refractivity contribution in [3.8, 4) is 0 Å². The summed E-state index contributed by atoms with van der Waals surface area (Å²) in [6.07, 6.45) is 6.09. The van der Waals surface area contributed by atoms with Crippen molar-refractivity contribution in [1.82, 2.24) is 9.88 Å². The van der Waals surface area contributed by atoms with Gasteiger partial charge in [-0.3, -0.25) is 4.79 Å². The van der Waals surface area contributed by atoms with Crippen molar-refractivity contribution in [3.63, 3.8) is 0 Å². The van der Waals surface area contributed by atoms with Crippen molar-refractivity contribution in [2.45, 2.75) is 31.3 Å². The Bertz CT molecular complexity index is 595. The minimum Gasteiger partial charge on any atom is -0.378 e. The van der Waals surface area contributed by atoms with Gasteiger partial charge >= 0.3 is 0 Å². The van der Waals surface area contributed by atoms with Crippen LogP contribution in [-0.2, 0) is 9.47 Å². The molecule has 1 unspecified atom stereocenters. The second-order valence-corrected chi connectivity index (χ2v) is 6.98. The monoisotopic (exact) mass is 331 g/mol. The highest BCUT2D eigenvalue weighted by Gasteiger charge is 2.41. The number of morpholine rings is 1. The molecule has 3 saturated heterocycles. The molecule has 3 aliphatic rings. The zero-order valence-electron chi connectivity index (χ0n) is 14.1. The normalized spacial score (nSPS) is 27.7. The fraction of sp³-hybridized carbons (Fsp3) is 0.667. The van der Waals surface area contributed by atoms with E-state index in [9.17, 15) is 4.79 Å². The van der Waals surface area contributed by atoms with E-state index in [-0.39, 0.29) is 11.5 Å². The number of piperidine rings is 1. The Balaban J connectivity index is 1.58. The molecule has 6 heteroatoms. The van der Waals surface area contributed by atoms with Crippen LogP contribution in [0.1, 0.15) is 36.0 Å². The lowest BCUT2D eigenvalue weighted by atomic mass is 10.0. The van der Waals surface area contributed by atoms with Gasteiger partial charge in [0.2, 0.25) is 0 Å². The van der Waals surface area contributed by atoms with E-state index in [1.165, 1.54) is 6.42 Å². The average Bonchev–Trinajstić information content (AvgIpc) is 3.09. The second-order valence-electron chi connectivity index (χ2n) is 6.98. The van der Waals surface area contributed by atoms with E-state index in [2.05, 4.69) is 9.88 Å². The van der Waals surface area contributed by atoms with E-state index >= 15 is 0 Å². The minimum absolute atomic E-state index is 0.112. The Morgan fingerprint density at radius 1 is 1.17 bits per heavy atom. The molecular weight excluding hydrogens is 306 g/mol. The van der Waals surface area contributed by atoms with Crippen molar-refractivity contribution < 1.29 is 14.3 Å². The summed E-state index contributed by atoms with van der Waals surface area (Å²) in [4.78, 5) is 21.7. The summed E-state index contributed by atoms with van der Waals surface area (Å²) in [7, 11) is 0. The number of anilines is 1. The topological polar surface area (TPSA) is 54.9 Å². The maximum absolute atomic E-state index is 13.0. The van der Waals surface area contributed by atoms with Crippen LogP contribution in [0, 0.1) is 0 Å². The van der Waals surface area contributed by atoms with Gasteiger partial charge in [0.05, 0.1) is 25.3 Å². The highest BCUT2D eigenvalue weighted by molar-refractivity contribution is 5.99. The number of amides is 1. The summed E-state index contributed by atoms with van der Waals surface area (Å²) in [6, 6.07) is 3.77. The average molecular weight is 331 g/mol. The largest absolute Gasteiger partial charge is 0.378 e. The standard InChI is InChI=1S/C18H25N3O3/c22-17(20-8-2-1-3-9-20)15-5-4-7-19-16(15)21-10-12-24-18(13-21)6-11-23-14-18/h4-5,7H,1-3,6,8-14H2. The summed E-state index contributed by atoms with van der Waals surface area (Å²) in [5, 5.41) is 0. The zero-order valence-corrected chi connectivity index (χ0v) is 14.1. The van der Waals surface area contributed by atoms with Crippen molar-refractivity contribution in [2.24, 2.45) is 0 Å². The van der Waals surface area contributed by atoms with Gasteiger partial charge in [-0.2, -0.15) is 0 Å². The van der Waals surface area contributed by atoms with Gasteiger partial charge in [-0.05, 0) is 31.4 Å². The molecular formula is C18H25N3O3. The fourth-order valence-electron chi connectivity index (χ4n) is 3.94. The first-order chi connectivity index (χ1) is 11.8. The summed E-state index contributed by atoms with van der Waals surface area (Å²) in [5.74, 6) is 0.906. The lowest BCUT2D eigenvalue weighted by Gasteiger charge is -2.40. The first-order valence-electron chi connectivity index (χ1n) is 8.98. The number of carbonyl (C=O) groups excluding carboxylic acids is 1. The fourth-order valence-corrected chi connectivity index (χ4v) is 3.94. The van der Waals surface area contributed by atoms with Gasteiger partial charge in [-0.15, -0.1) is 0 Å². The number of rotatable bonds is 2. The van der Waals surface area contributed by atoms with Gasteiger partial charge in [-0.1, -0.05) is 0 Å². The molecule has 1 aromatic heterocycles. The maximum Gasteiger partial charge on any atom is 0.257 e. The lowest BCUT2D eigenvalue weighted by molar-refractivity contribution is -0.0581. The molecule has 3 aliphatic heterocycles. The van der Waals surface area contributed by atoms with E-state index < -0.39 is 0 Å². The van der Waals surface area contributed by atoms with E-state index in [1.54, 1.807) is 6.20 Å². The van der Waals surface area contributed by atoms with Crippen LogP contribution >= 0.6 is 0 Å². The quantitative estimate of drug-likeness (QED) is 0.826. The van der Waals surface area contributed by atoms with Crippen LogP contribution in [0.25, 0.3) is 0 Å². The Labute approximate surface area is 142 Å². The van der Waals surface area contributed by atoms with E-state index in [1.807, 2.05) is 17.0 Å². The molecule has 1 aromatic rings. The van der Waals surface area contributed by atoms with Crippen molar-refractivity contribution >= 4 is 11.7 Å². The Kier molecular flexibility index (Phi) is 4.41. The molecule has 3 fully saturated rings. The summed E-state index contributed by atoms with van der Waals surface area (Å²) < 4.78 is 11.6. The SMILES string of the molecule is O=C(c1cccnc1N1CCOC2(CCOC2)C1)N1CCCCC1. The number of likely N-dealkylation sites (tertiary alicyclic amines) is 1. The highest BCUT2D eigenvalue weighted by Crippen LogP contribution is 2.31. The molecule has 0 N–H and O–H groups in total. The van der Waals surface area contributed by atoms with Crippen LogP contribution in [0.5, 0.6) is 0 Å². The zero-order chi connectivity index (χ0) is 16.4. The molecule has 4 rings (SSSR count). The molecule has 0 saturated carbocycles. The number of ether oxygens (including phenoxy) is 2. The van der Waals surface area contributed by atoms with E-state index in [4.69, 9.17) is 9.47 Å². The van der Waals surface area contributed by atoms with Crippen LogP contribution in [-0.4, -0.2) is 67.4 Å². The third-order valence-corrected chi connectivity index (χ3v) is 5.28. The van der Waals surface area contributed by atoms with Crippen molar-refractivity contribution in [1.29, 1.82) is 0 Å². The van der Waals surface area contributed by atoms with Crippen molar-refractivity contribution in [2.75, 3.05) is 50.9 Å². The molecule has 130 valence electrons. The molecule has 1 spiro atoms. The van der Waals surface area contributed by atoms with Gasteiger partial charge in [0, 0.05) is 38.9 Å². The third-order valence-electron chi connectivity index (χ3n) is 5.28. The van der Waals surface area contributed by atoms with Crippen LogP contribution in [0.4, 0.5) is 5.82 Å². The summed E-state index contributed by atoms with van der Waals surface area (Å²) in [5.41, 5.74) is 0.483. The van der Waals surface area contributed by atoms with Gasteiger partial charge in [0.1, 0.15) is 11.4 Å². The van der Waals surface area contributed by atoms with Crippen LogP contribution in [0.3, 0.4) is 0 Å². The summed E-state index contributed by atoms with van der Waals surface area (Å²) >= 11 is 0. The second kappa shape index (κ2) is 6.69. The Hall–Kier alpha value is -1.66. The van der Waals surface area contributed by atoms with Crippen LogP contribution in [0.15, 0.2) is 18.3 Å². The molecule has 0 aliphatic carbocycles. The molecule has 0 aromatic carbocycles. The number of hydrogen-bond acceptors (Lipinski definition) is 5. The van der Waals surface area contributed by atoms with E-state index in [0.29, 0.717) is 13.2 Å². The molecule has 6 nitrogen and oxygen atoms in total. The smallest absolute Gasteiger partial charge is 0.257 e. The molecule has 1 atom stereocenters. The molecule has 0 radical (unpaired) electrons. The highest BCUT2D eigenvalue weighted by atomic mass is 16.6. The number of hydrogen-bond donors (Lipinski definition) is 0.